The van der Waals surface area contributed by atoms with Crippen LogP contribution in [0.5, 0.6) is 0 Å². The molecule has 1 aromatic carbocycles. The summed E-state index contributed by atoms with van der Waals surface area (Å²) in [5.41, 5.74) is 7.22. The van der Waals surface area contributed by atoms with Crippen LogP contribution in [0.1, 0.15) is 43.0 Å². The molecule has 0 bridgehead atoms. The molecule has 1 fully saturated rings. The third-order valence-electron chi connectivity index (χ3n) is 4.68. The van der Waals surface area contributed by atoms with E-state index < -0.39 is 5.91 Å². The van der Waals surface area contributed by atoms with Crippen LogP contribution >= 0.6 is 0 Å². The van der Waals surface area contributed by atoms with Crippen LogP contribution in [0.3, 0.4) is 0 Å². The van der Waals surface area contributed by atoms with Gasteiger partial charge in [0.1, 0.15) is 11.4 Å². The molecule has 8 nitrogen and oxygen atoms in total. The van der Waals surface area contributed by atoms with Gasteiger partial charge in [0.15, 0.2) is 0 Å². The van der Waals surface area contributed by atoms with Crippen molar-refractivity contribution in [3.63, 3.8) is 0 Å². The minimum Gasteiger partial charge on any atom is -0.365 e. The molecule has 1 aromatic heterocycles. The van der Waals surface area contributed by atoms with Gasteiger partial charge in [-0.15, -0.1) is 0 Å². The van der Waals surface area contributed by atoms with Gasteiger partial charge in [-0.05, 0) is 31.0 Å². The lowest BCUT2D eigenvalue weighted by Gasteiger charge is -2.27. The second-order valence-corrected chi connectivity index (χ2v) is 6.73. The number of nitrogens with two attached hydrogens (primary N) is 1. The second-order valence-electron chi connectivity index (χ2n) is 6.73. The van der Waals surface area contributed by atoms with Gasteiger partial charge >= 0.3 is 0 Å². The Hall–Kier alpha value is -3.16. The van der Waals surface area contributed by atoms with Crippen LogP contribution in [0, 0.1) is 0 Å². The number of carbonyl (C=O) groups excluding carboxylic acids is 2. The SMILES string of the molecule is CC(=O)Nc1cccc(Nc2ncc(C(N)=O)c(N(C)C3CCCC3)n2)c1. The van der Waals surface area contributed by atoms with Gasteiger partial charge in [0.25, 0.3) is 5.91 Å². The zero-order chi connectivity index (χ0) is 19.4. The van der Waals surface area contributed by atoms with Crippen LogP contribution in [0.15, 0.2) is 30.5 Å². The number of benzene rings is 1. The minimum absolute atomic E-state index is 0.144. The third-order valence-corrected chi connectivity index (χ3v) is 4.68. The van der Waals surface area contributed by atoms with Crippen molar-refractivity contribution in [3.8, 4) is 0 Å². The number of rotatable bonds is 6. The van der Waals surface area contributed by atoms with Gasteiger partial charge < -0.3 is 21.3 Å². The average molecular weight is 368 g/mol. The molecule has 0 atom stereocenters. The van der Waals surface area contributed by atoms with Gasteiger partial charge in [-0.25, -0.2) is 4.98 Å². The summed E-state index contributed by atoms with van der Waals surface area (Å²) >= 11 is 0. The molecule has 142 valence electrons. The van der Waals surface area contributed by atoms with E-state index in [2.05, 4.69) is 20.6 Å². The van der Waals surface area contributed by atoms with E-state index >= 15 is 0 Å². The number of primary amides is 1. The molecular weight excluding hydrogens is 344 g/mol. The summed E-state index contributed by atoms with van der Waals surface area (Å²) in [6, 6.07) is 7.58. The molecule has 1 aliphatic carbocycles. The van der Waals surface area contributed by atoms with Crippen LogP contribution in [0.2, 0.25) is 0 Å². The Labute approximate surface area is 158 Å². The fraction of sp³-hybridized carbons (Fsp3) is 0.368. The first-order valence-electron chi connectivity index (χ1n) is 8.98. The maximum absolute atomic E-state index is 11.8. The Bertz CT molecular complexity index is 848. The molecule has 1 aliphatic rings. The summed E-state index contributed by atoms with van der Waals surface area (Å²) in [5, 5.41) is 5.85. The summed E-state index contributed by atoms with van der Waals surface area (Å²) in [7, 11) is 1.94. The fourth-order valence-electron chi connectivity index (χ4n) is 3.35. The molecule has 2 amide bonds. The largest absolute Gasteiger partial charge is 0.365 e. The van der Waals surface area contributed by atoms with E-state index in [0.29, 0.717) is 29.1 Å². The molecule has 1 heterocycles. The predicted molar refractivity (Wildman–Crippen MR) is 105 cm³/mol. The molecule has 2 aromatic rings. The Morgan fingerprint density at radius 2 is 1.93 bits per heavy atom. The Morgan fingerprint density at radius 3 is 2.59 bits per heavy atom. The standard InChI is InChI=1S/C19H24N6O2/c1-12(26)22-13-6-5-7-14(10-13)23-19-21-11-16(17(20)27)18(24-19)25(2)15-8-3-4-9-15/h5-7,10-11,15H,3-4,8-9H2,1-2H3,(H2,20,27)(H,22,26)(H,21,23,24). The Kier molecular flexibility index (Phi) is 5.54. The van der Waals surface area contributed by atoms with Crippen LogP contribution in [0.25, 0.3) is 0 Å². The zero-order valence-electron chi connectivity index (χ0n) is 15.5. The molecule has 8 heteroatoms. The van der Waals surface area contributed by atoms with Gasteiger partial charge in [0.05, 0.1) is 0 Å². The van der Waals surface area contributed by atoms with E-state index in [1.54, 1.807) is 12.1 Å². The van der Waals surface area contributed by atoms with Gasteiger partial charge in [0.2, 0.25) is 11.9 Å². The number of nitrogens with one attached hydrogen (secondary N) is 2. The maximum Gasteiger partial charge on any atom is 0.254 e. The first-order chi connectivity index (χ1) is 12.9. The number of amides is 2. The molecule has 1 saturated carbocycles. The van der Waals surface area contributed by atoms with Crippen molar-refractivity contribution < 1.29 is 9.59 Å². The molecule has 0 radical (unpaired) electrons. The third kappa shape index (κ3) is 4.52. The van der Waals surface area contributed by atoms with E-state index in [1.165, 1.54) is 26.0 Å². The lowest BCUT2D eigenvalue weighted by Crippen LogP contribution is -2.32. The lowest BCUT2D eigenvalue weighted by atomic mass is 10.2. The molecule has 0 unspecified atom stereocenters. The average Bonchev–Trinajstić information content (AvgIpc) is 3.15. The van der Waals surface area contributed by atoms with Crippen molar-refractivity contribution in [2.75, 3.05) is 22.6 Å². The molecule has 0 aliphatic heterocycles. The minimum atomic E-state index is -0.547. The van der Waals surface area contributed by atoms with Crippen molar-refractivity contribution in [1.82, 2.24) is 9.97 Å². The number of nitrogens with zero attached hydrogens (tertiary/aromatic N) is 3. The highest BCUT2D eigenvalue weighted by Crippen LogP contribution is 2.29. The van der Waals surface area contributed by atoms with Crippen molar-refractivity contribution in [2.45, 2.75) is 38.6 Å². The molecule has 0 spiro atoms. The first kappa shape index (κ1) is 18.6. The van der Waals surface area contributed by atoms with Crippen LogP contribution in [-0.4, -0.2) is 34.9 Å². The summed E-state index contributed by atoms with van der Waals surface area (Å²) in [6.45, 7) is 1.46. The molecule has 0 saturated heterocycles. The van der Waals surface area contributed by atoms with Crippen molar-refractivity contribution >= 4 is 35.0 Å². The zero-order valence-corrected chi connectivity index (χ0v) is 15.5. The van der Waals surface area contributed by atoms with Crippen molar-refractivity contribution in [2.24, 2.45) is 5.73 Å². The van der Waals surface area contributed by atoms with E-state index in [-0.39, 0.29) is 5.91 Å². The Balaban J connectivity index is 1.87. The Morgan fingerprint density at radius 1 is 1.22 bits per heavy atom. The quantitative estimate of drug-likeness (QED) is 0.722. The normalized spacial score (nSPS) is 14.0. The summed E-state index contributed by atoms with van der Waals surface area (Å²) in [5.74, 6) is 0.202. The van der Waals surface area contributed by atoms with E-state index in [9.17, 15) is 9.59 Å². The summed E-state index contributed by atoms with van der Waals surface area (Å²) in [6.07, 6.45) is 5.94. The van der Waals surface area contributed by atoms with Crippen LogP contribution < -0.4 is 21.3 Å². The summed E-state index contributed by atoms with van der Waals surface area (Å²) < 4.78 is 0. The maximum atomic E-state index is 11.8. The number of aromatic nitrogens is 2. The number of anilines is 4. The smallest absolute Gasteiger partial charge is 0.254 e. The fourth-order valence-corrected chi connectivity index (χ4v) is 3.35. The van der Waals surface area contributed by atoms with Crippen LogP contribution in [-0.2, 0) is 4.79 Å². The van der Waals surface area contributed by atoms with E-state index in [0.717, 1.165) is 18.5 Å². The number of carbonyl (C=O) groups is 2. The van der Waals surface area contributed by atoms with Crippen molar-refractivity contribution in [3.05, 3.63) is 36.0 Å². The van der Waals surface area contributed by atoms with Crippen LogP contribution in [0.4, 0.5) is 23.1 Å². The number of hydrogen-bond donors (Lipinski definition) is 3. The first-order valence-corrected chi connectivity index (χ1v) is 8.98. The monoisotopic (exact) mass is 368 g/mol. The van der Waals surface area contributed by atoms with Crippen molar-refractivity contribution in [1.29, 1.82) is 0 Å². The summed E-state index contributed by atoms with van der Waals surface area (Å²) in [4.78, 5) is 33.8. The van der Waals surface area contributed by atoms with E-state index in [1.807, 2.05) is 24.1 Å². The molecule has 27 heavy (non-hydrogen) atoms. The highest BCUT2D eigenvalue weighted by molar-refractivity contribution is 5.97. The molecular formula is C19H24N6O2. The molecule has 4 N–H and O–H groups in total. The van der Waals surface area contributed by atoms with Gasteiger partial charge in [-0.2, -0.15) is 4.98 Å². The van der Waals surface area contributed by atoms with Gasteiger partial charge in [-0.1, -0.05) is 18.9 Å². The lowest BCUT2D eigenvalue weighted by molar-refractivity contribution is -0.114. The van der Waals surface area contributed by atoms with Gasteiger partial charge in [0, 0.05) is 37.6 Å². The highest BCUT2D eigenvalue weighted by Gasteiger charge is 2.24. The predicted octanol–water partition coefficient (Wildman–Crippen LogP) is 2.66. The topological polar surface area (TPSA) is 113 Å². The molecule has 3 rings (SSSR count). The van der Waals surface area contributed by atoms with E-state index in [4.69, 9.17) is 5.73 Å². The second kappa shape index (κ2) is 8.03. The van der Waals surface area contributed by atoms with Gasteiger partial charge in [-0.3, -0.25) is 9.59 Å². The highest BCUT2D eigenvalue weighted by atomic mass is 16.1. The number of hydrogen-bond acceptors (Lipinski definition) is 6.